The van der Waals surface area contributed by atoms with E-state index in [1.54, 1.807) is 0 Å². The standard InChI is InChI=1S/C20H19N3O3/c1-13-8-10-15(11-9-13)18-22-16(17(24)20(26)23(18)2)19(25)21-12-14-6-4-3-5-7-14/h3-11,24H,12H2,1-2H3,(H,21,25). The summed E-state index contributed by atoms with van der Waals surface area (Å²) in [6.07, 6.45) is 0. The Labute approximate surface area is 150 Å². The average molecular weight is 349 g/mol. The quantitative estimate of drug-likeness (QED) is 0.757. The summed E-state index contributed by atoms with van der Waals surface area (Å²) in [4.78, 5) is 29.0. The highest BCUT2D eigenvalue weighted by molar-refractivity contribution is 5.95. The van der Waals surface area contributed by atoms with Crippen molar-refractivity contribution in [2.75, 3.05) is 0 Å². The number of rotatable bonds is 4. The third-order valence-corrected chi connectivity index (χ3v) is 4.09. The van der Waals surface area contributed by atoms with Gasteiger partial charge in [-0.05, 0) is 12.5 Å². The Morgan fingerprint density at radius 1 is 1.12 bits per heavy atom. The molecule has 0 spiro atoms. The molecule has 1 aromatic heterocycles. The van der Waals surface area contributed by atoms with Crippen molar-refractivity contribution >= 4 is 5.91 Å². The van der Waals surface area contributed by atoms with Crippen LogP contribution in [0.15, 0.2) is 59.4 Å². The van der Waals surface area contributed by atoms with Gasteiger partial charge in [-0.25, -0.2) is 4.98 Å². The number of hydrogen-bond donors (Lipinski definition) is 2. The first kappa shape index (κ1) is 17.4. The predicted molar refractivity (Wildman–Crippen MR) is 98.9 cm³/mol. The summed E-state index contributed by atoms with van der Waals surface area (Å²) in [5.41, 5.74) is 1.72. The van der Waals surface area contributed by atoms with Gasteiger partial charge >= 0.3 is 0 Å². The predicted octanol–water partition coefficient (Wildman–Crippen LogP) is 2.39. The Morgan fingerprint density at radius 3 is 2.42 bits per heavy atom. The molecule has 2 aromatic carbocycles. The van der Waals surface area contributed by atoms with Gasteiger partial charge in [0, 0.05) is 19.2 Å². The third kappa shape index (κ3) is 3.49. The molecule has 0 bridgehead atoms. The minimum atomic E-state index is -0.666. The first-order chi connectivity index (χ1) is 12.5. The van der Waals surface area contributed by atoms with E-state index in [9.17, 15) is 14.7 Å². The zero-order valence-corrected chi connectivity index (χ0v) is 14.6. The average Bonchev–Trinajstić information content (AvgIpc) is 2.66. The van der Waals surface area contributed by atoms with Crippen LogP contribution in [0, 0.1) is 6.92 Å². The fourth-order valence-corrected chi connectivity index (χ4v) is 2.57. The summed E-state index contributed by atoms with van der Waals surface area (Å²) in [6.45, 7) is 2.23. The van der Waals surface area contributed by atoms with Crippen LogP contribution in [0.1, 0.15) is 21.6 Å². The van der Waals surface area contributed by atoms with Crippen LogP contribution in [0.25, 0.3) is 11.4 Å². The maximum absolute atomic E-state index is 12.5. The van der Waals surface area contributed by atoms with Crippen LogP contribution in [0.2, 0.25) is 0 Å². The fraction of sp³-hybridized carbons (Fsp3) is 0.150. The molecule has 0 fully saturated rings. The molecule has 0 radical (unpaired) electrons. The molecule has 132 valence electrons. The molecule has 0 aliphatic carbocycles. The van der Waals surface area contributed by atoms with Gasteiger partial charge in [0.25, 0.3) is 11.5 Å². The first-order valence-corrected chi connectivity index (χ1v) is 8.16. The Hall–Kier alpha value is -3.41. The van der Waals surface area contributed by atoms with Crippen molar-refractivity contribution in [3.8, 4) is 17.1 Å². The van der Waals surface area contributed by atoms with Crippen LogP contribution in [-0.4, -0.2) is 20.6 Å². The second kappa shape index (κ2) is 7.23. The summed E-state index contributed by atoms with van der Waals surface area (Å²) in [5, 5.41) is 12.8. The van der Waals surface area contributed by atoms with E-state index in [0.717, 1.165) is 11.1 Å². The number of nitrogens with zero attached hydrogens (tertiary/aromatic N) is 2. The van der Waals surface area contributed by atoms with E-state index < -0.39 is 17.2 Å². The second-order valence-electron chi connectivity index (χ2n) is 6.03. The number of carbonyl (C=O) groups is 1. The summed E-state index contributed by atoms with van der Waals surface area (Å²) in [6, 6.07) is 16.8. The van der Waals surface area contributed by atoms with Gasteiger partial charge in [-0.2, -0.15) is 0 Å². The molecule has 6 nitrogen and oxygen atoms in total. The molecule has 6 heteroatoms. The third-order valence-electron chi connectivity index (χ3n) is 4.09. The van der Waals surface area contributed by atoms with Gasteiger partial charge < -0.3 is 10.4 Å². The SMILES string of the molecule is Cc1ccc(-c2nc(C(=O)NCc3ccccc3)c(O)c(=O)n2C)cc1. The molecule has 26 heavy (non-hydrogen) atoms. The lowest BCUT2D eigenvalue weighted by molar-refractivity contribution is 0.0942. The van der Waals surface area contributed by atoms with Gasteiger partial charge in [0.05, 0.1) is 0 Å². The largest absolute Gasteiger partial charge is 0.501 e. The molecular weight excluding hydrogens is 330 g/mol. The van der Waals surface area contributed by atoms with E-state index in [1.807, 2.05) is 61.5 Å². The van der Waals surface area contributed by atoms with Crippen LogP contribution in [0.5, 0.6) is 5.75 Å². The lowest BCUT2D eigenvalue weighted by Gasteiger charge is -2.12. The van der Waals surface area contributed by atoms with Gasteiger partial charge in [0.2, 0.25) is 5.75 Å². The molecule has 0 atom stereocenters. The van der Waals surface area contributed by atoms with Crippen molar-refractivity contribution < 1.29 is 9.90 Å². The second-order valence-corrected chi connectivity index (χ2v) is 6.03. The van der Waals surface area contributed by atoms with E-state index in [2.05, 4.69) is 10.3 Å². The van der Waals surface area contributed by atoms with Crippen molar-refractivity contribution in [3.05, 3.63) is 81.8 Å². The van der Waals surface area contributed by atoms with Crippen molar-refractivity contribution in [1.29, 1.82) is 0 Å². The first-order valence-electron chi connectivity index (χ1n) is 8.16. The van der Waals surface area contributed by atoms with Gasteiger partial charge in [0.15, 0.2) is 5.69 Å². The molecule has 1 amide bonds. The van der Waals surface area contributed by atoms with Gasteiger partial charge in [-0.3, -0.25) is 14.2 Å². The number of benzene rings is 2. The highest BCUT2D eigenvalue weighted by Gasteiger charge is 2.20. The molecular formula is C20H19N3O3. The highest BCUT2D eigenvalue weighted by atomic mass is 16.3. The number of hydrogen-bond acceptors (Lipinski definition) is 4. The van der Waals surface area contributed by atoms with Crippen molar-refractivity contribution in [2.24, 2.45) is 7.05 Å². The Bertz CT molecular complexity index is 993. The van der Waals surface area contributed by atoms with E-state index >= 15 is 0 Å². The minimum absolute atomic E-state index is 0.274. The number of aromatic nitrogens is 2. The minimum Gasteiger partial charge on any atom is -0.501 e. The summed E-state index contributed by atoms with van der Waals surface area (Å²) < 4.78 is 1.23. The molecule has 0 aliphatic rings. The number of aryl methyl sites for hydroxylation is 1. The molecule has 2 N–H and O–H groups in total. The number of carbonyl (C=O) groups excluding carboxylic acids is 1. The Morgan fingerprint density at radius 2 is 1.77 bits per heavy atom. The van der Waals surface area contributed by atoms with Crippen LogP contribution in [-0.2, 0) is 13.6 Å². The topological polar surface area (TPSA) is 84.2 Å². The van der Waals surface area contributed by atoms with E-state index in [0.29, 0.717) is 11.4 Å². The van der Waals surface area contributed by atoms with Crippen LogP contribution in [0.3, 0.4) is 0 Å². The normalized spacial score (nSPS) is 10.5. The van der Waals surface area contributed by atoms with Crippen molar-refractivity contribution in [2.45, 2.75) is 13.5 Å². The van der Waals surface area contributed by atoms with Gasteiger partial charge in [-0.1, -0.05) is 60.2 Å². The highest BCUT2D eigenvalue weighted by Crippen LogP contribution is 2.19. The van der Waals surface area contributed by atoms with Crippen LogP contribution < -0.4 is 10.9 Å². The van der Waals surface area contributed by atoms with Crippen molar-refractivity contribution in [1.82, 2.24) is 14.9 Å². The van der Waals surface area contributed by atoms with Gasteiger partial charge in [-0.15, -0.1) is 0 Å². The molecule has 0 aliphatic heterocycles. The lowest BCUT2D eigenvalue weighted by atomic mass is 10.1. The monoisotopic (exact) mass is 349 g/mol. The summed E-state index contributed by atoms with van der Waals surface area (Å²) in [5.74, 6) is -0.941. The lowest BCUT2D eigenvalue weighted by Crippen LogP contribution is -2.29. The van der Waals surface area contributed by atoms with Gasteiger partial charge in [0.1, 0.15) is 5.82 Å². The Balaban J connectivity index is 1.95. The van der Waals surface area contributed by atoms with Crippen LogP contribution in [0.4, 0.5) is 0 Å². The molecule has 3 aromatic rings. The molecule has 0 unspecified atom stereocenters. The maximum Gasteiger partial charge on any atom is 0.296 e. The number of nitrogens with one attached hydrogen (secondary N) is 1. The van der Waals surface area contributed by atoms with E-state index in [1.165, 1.54) is 11.6 Å². The van der Waals surface area contributed by atoms with Crippen molar-refractivity contribution in [3.63, 3.8) is 0 Å². The maximum atomic E-state index is 12.5. The fourth-order valence-electron chi connectivity index (χ4n) is 2.57. The smallest absolute Gasteiger partial charge is 0.296 e. The number of amides is 1. The zero-order valence-electron chi connectivity index (χ0n) is 14.6. The van der Waals surface area contributed by atoms with E-state index in [-0.39, 0.29) is 12.2 Å². The van der Waals surface area contributed by atoms with Crippen LogP contribution >= 0.6 is 0 Å². The van der Waals surface area contributed by atoms with E-state index in [4.69, 9.17) is 0 Å². The Kier molecular flexibility index (Phi) is 4.84. The molecule has 0 saturated heterocycles. The molecule has 0 saturated carbocycles. The summed E-state index contributed by atoms with van der Waals surface area (Å²) in [7, 11) is 1.51. The summed E-state index contributed by atoms with van der Waals surface area (Å²) >= 11 is 0. The zero-order chi connectivity index (χ0) is 18.7. The molecule has 3 rings (SSSR count). The molecule has 1 heterocycles. The number of aromatic hydroxyl groups is 1.